The minimum Gasteiger partial charge on any atom is -0.444 e. The van der Waals surface area contributed by atoms with Crippen molar-refractivity contribution in [2.75, 3.05) is 13.1 Å². The SMILES string of the molecule is CC(C)(C)OC(=O)N1CCc2ccc(Cl)c(N=NC(c3ccccc3)c3ccccc3)c2CC1. The van der Waals surface area contributed by atoms with E-state index < -0.39 is 5.60 Å². The van der Waals surface area contributed by atoms with Crippen molar-refractivity contribution in [3.8, 4) is 0 Å². The first-order valence-electron chi connectivity index (χ1n) is 11.6. The van der Waals surface area contributed by atoms with Crippen LogP contribution in [0.25, 0.3) is 0 Å². The molecule has 4 rings (SSSR count). The molecule has 0 saturated carbocycles. The van der Waals surface area contributed by atoms with Crippen LogP contribution in [0.5, 0.6) is 0 Å². The summed E-state index contributed by atoms with van der Waals surface area (Å²) in [7, 11) is 0. The Labute approximate surface area is 206 Å². The van der Waals surface area contributed by atoms with Gasteiger partial charge in [-0.25, -0.2) is 4.79 Å². The van der Waals surface area contributed by atoms with Crippen LogP contribution in [0.3, 0.4) is 0 Å². The van der Waals surface area contributed by atoms with Gasteiger partial charge < -0.3 is 9.64 Å². The van der Waals surface area contributed by atoms with E-state index in [9.17, 15) is 4.79 Å². The third-order valence-corrected chi connectivity index (χ3v) is 6.07. The molecule has 0 aliphatic carbocycles. The molecule has 1 aliphatic heterocycles. The van der Waals surface area contributed by atoms with Gasteiger partial charge in [-0.2, -0.15) is 10.2 Å². The van der Waals surface area contributed by atoms with Crippen molar-refractivity contribution in [2.24, 2.45) is 10.2 Å². The van der Waals surface area contributed by atoms with Gasteiger partial charge in [0.2, 0.25) is 0 Å². The highest BCUT2D eigenvalue weighted by molar-refractivity contribution is 6.33. The Bertz CT molecular complexity index is 1120. The molecule has 0 aromatic heterocycles. The number of azo groups is 1. The number of hydrogen-bond donors (Lipinski definition) is 0. The summed E-state index contributed by atoms with van der Waals surface area (Å²) in [4.78, 5) is 14.4. The van der Waals surface area contributed by atoms with Crippen LogP contribution in [0.2, 0.25) is 5.02 Å². The highest BCUT2D eigenvalue weighted by atomic mass is 35.5. The molecule has 176 valence electrons. The quantitative estimate of drug-likeness (QED) is 0.366. The largest absolute Gasteiger partial charge is 0.444 e. The first-order chi connectivity index (χ1) is 16.3. The molecule has 0 atom stereocenters. The monoisotopic (exact) mass is 475 g/mol. The summed E-state index contributed by atoms with van der Waals surface area (Å²) in [6, 6.07) is 23.9. The average molecular weight is 476 g/mol. The van der Waals surface area contributed by atoms with Gasteiger partial charge in [0.15, 0.2) is 0 Å². The van der Waals surface area contributed by atoms with E-state index >= 15 is 0 Å². The van der Waals surface area contributed by atoms with Crippen molar-refractivity contribution in [1.82, 2.24) is 4.90 Å². The lowest BCUT2D eigenvalue weighted by molar-refractivity contribution is 0.0258. The normalized spacial score (nSPS) is 14.2. The van der Waals surface area contributed by atoms with Crippen molar-refractivity contribution < 1.29 is 9.53 Å². The van der Waals surface area contributed by atoms with Gasteiger partial charge in [0, 0.05) is 13.1 Å². The van der Waals surface area contributed by atoms with Gasteiger partial charge >= 0.3 is 6.09 Å². The fourth-order valence-corrected chi connectivity index (χ4v) is 4.32. The molecule has 1 amide bonds. The van der Waals surface area contributed by atoms with Crippen LogP contribution < -0.4 is 0 Å². The number of halogens is 1. The Morgan fingerprint density at radius 3 is 2.09 bits per heavy atom. The number of carbonyl (C=O) groups is 1. The third kappa shape index (κ3) is 5.84. The standard InChI is InChI=1S/C28H30ClN3O2/c1-28(2,3)34-27(33)32-18-16-20-14-15-24(29)26(23(20)17-19-32)31-30-25(21-10-6-4-7-11-21)22-12-8-5-9-13-22/h4-15,25H,16-19H2,1-3H3. The van der Waals surface area contributed by atoms with Gasteiger partial charge in [-0.3, -0.25) is 0 Å². The summed E-state index contributed by atoms with van der Waals surface area (Å²) in [6.07, 6.45) is 1.07. The summed E-state index contributed by atoms with van der Waals surface area (Å²) in [5.41, 5.74) is 4.46. The number of carbonyl (C=O) groups excluding carboxylic acids is 1. The molecule has 1 heterocycles. The molecule has 0 unspecified atom stereocenters. The van der Waals surface area contributed by atoms with E-state index in [4.69, 9.17) is 26.6 Å². The first-order valence-corrected chi connectivity index (χ1v) is 12.0. The minimum atomic E-state index is -0.525. The third-order valence-electron chi connectivity index (χ3n) is 5.77. The van der Waals surface area contributed by atoms with Gasteiger partial charge in [0.1, 0.15) is 17.3 Å². The van der Waals surface area contributed by atoms with E-state index in [1.54, 1.807) is 4.90 Å². The summed E-state index contributed by atoms with van der Waals surface area (Å²) in [5.74, 6) is 0. The van der Waals surface area contributed by atoms with E-state index in [-0.39, 0.29) is 12.1 Å². The van der Waals surface area contributed by atoms with Gasteiger partial charge in [0.25, 0.3) is 0 Å². The second-order valence-corrected chi connectivity index (χ2v) is 9.85. The van der Waals surface area contributed by atoms with E-state index in [1.807, 2.05) is 69.3 Å². The number of amides is 1. The minimum absolute atomic E-state index is 0.238. The summed E-state index contributed by atoms with van der Waals surface area (Å²) in [5, 5.41) is 10.0. The molecule has 1 aliphatic rings. The predicted octanol–water partition coefficient (Wildman–Crippen LogP) is 7.55. The Balaban J connectivity index is 1.63. The van der Waals surface area contributed by atoms with E-state index in [1.165, 1.54) is 0 Å². The van der Waals surface area contributed by atoms with Crippen LogP contribution in [0.1, 0.15) is 49.1 Å². The smallest absolute Gasteiger partial charge is 0.410 e. The van der Waals surface area contributed by atoms with E-state index in [0.717, 1.165) is 28.7 Å². The summed E-state index contributed by atoms with van der Waals surface area (Å²) >= 11 is 6.62. The number of nitrogens with zero attached hydrogens (tertiary/aromatic N) is 3. The van der Waals surface area contributed by atoms with Crippen LogP contribution in [-0.2, 0) is 17.6 Å². The number of hydrogen-bond acceptors (Lipinski definition) is 4. The van der Waals surface area contributed by atoms with Gasteiger partial charge in [0.05, 0.1) is 5.02 Å². The number of ether oxygens (including phenoxy) is 1. The molecule has 5 nitrogen and oxygen atoms in total. The van der Waals surface area contributed by atoms with Crippen molar-refractivity contribution in [3.63, 3.8) is 0 Å². The molecule has 0 bridgehead atoms. The number of benzene rings is 3. The molecule has 34 heavy (non-hydrogen) atoms. The summed E-state index contributed by atoms with van der Waals surface area (Å²) < 4.78 is 5.58. The van der Waals surface area contributed by atoms with Crippen LogP contribution >= 0.6 is 11.6 Å². The Morgan fingerprint density at radius 2 is 1.50 bits per heavy atom. The Morgan fingerprint density at radius 1 is 0.912 bits per heavy atom. The fourth-order valence-electron chi connectivity index (χ4n) is 4.11. The van der Waals surface area contributed by atoms with Crippen LogP contribution in [0.15, 0.2) is 83.0 Å². The Hall–Kier alpha value is -3.18. The molecule has 6 heteroatoms. The predicted molar refractivity (Wildman–Crippen MR) is 136 cm³/mol. The maximum absolute atomic E-state index is 12.6. The van der Waals surface area contributed by atoms with Crippen molar-refractivity contribution in [3.05, 3.63) is 100 Å². The lowest BCUT2D eigenvalue weighted by atomic mass is 9.99. The second kappa shape index (κ2) is 10.4. The zero-order valence-electron chi connectivity index (χ0n) is 19.9. The molecule has 0 fully saturated rings. The number of fused-ring (bicyclic) bond motifs is 1. The molecule has 3 aromatic rings. The molecule has 0 N–H and O–H groups in total. The second-order valence-electron chi connectivity index (χ2n) is 9.44. The Kier molecular flexibility index (Phi) is 7.32. The molecule has 0 saturated heterocycles. The van der Waals surface area contributed by atoms with Crippen LogP contribution in [-0.4, -0.2) is 29.7 Å². The van der Waals surface area contributed by atoms with E-state index in [0.29, 0.717) is 30.2 Å². The zero-order valence-corrected chi connectivity index (χ0v) is 20.6. The molecule has 0 radical (unpaired) electrons. The maximum Gasteiger partial charge on any atom is 0.410 e. The lowest BCUT2D eigenvalue weighted by Crippen LogP contribution is -2.38. The molecular weight excluding hydrogens is 446 g/mol. The van der Waals surface area contributed by atoms with Crippen LogP contribution in [0, 0.1) is 0 Å². The van der Waals surface area contributed by atoms with Crippen molar-refractivity contribution >= 4 is 23.4 Å². The van der Waals surface area contributed by atoms with Crippen LogP contribution in [0.4, 0.5) is 10.5 Å². The van der Waals surface area contributed by atoms with Crippen molar-refractivity contribution in [2.45, 2.75) is 45.3 Å². The highest BCUT2D eigenvalue weighted by Gasteiger charge is 2.26. The van der Waals surface area contributed by atoms with Gasteiger partial charge in [-0.05, 0) is 61.9 Å². The molecule has 0 spiro atoms. The topological polar surface area (TPSA) is 54.3 Å². The van der Waals surface area contributed by atoms with Gasteiger partial charge in [-0.1, -0.05) is 78.3 Å². The zero-order chi connectivity index (χ0) is 24.1. The van der Waals surface area contributed by atoms with E-state index in [2.05, 4.69) is 24.3 Å². The first kappa shape index (κ1) is 24.0. The molecular formula is C28H30ClN3O2. The number of rotatable bonds is 4. The molecule has 3 aromatic carbocycles. The maximum atomic E-state index is 12.6. The summed E-state index contributed by atoms with van der Waals surface area (Å²) in [6.45, 7) is 6.78. The average Bonchev–Trinajstić information content (AvgIpc) is 3.04. The lowest BCUT2D eigenvalue weighted by Gasteiger charge is -2.26. The highest BCUT2D eigenvalue weighted by Crippen LogP contribution is 2.36. The van der Waals surface area contributed by atoms with Gasteiger partial charge in [-0.15, -0.1) is 0 Å². The van der Waals surface area contributed by atoms with Crippen molar-refractivity contribution in [1.29, 1.82) is 0 Å². The fraction of sp³-hybridized carbons (Fsp3) is 0.321.